The average Bonchev–Trinajstić information content (AvgIpc) is 3.10. The van der Waals surface area contributed by atoms with Gasteiger partial charge in [-0.05, 0) is 37.1 Å². The first kappa shape index (κ1) is 23.1. The number of thioether (sulfide) groups is 1. The van der Waals surface area contributed by atoms with E-state index in [1.54, 1.807) is 19.2 Å². The maximum absolute atomic E-state index is 12.8. The Hall–Kier alpha value is -2.62. The number of hydrogen-bond donors (Lipinski definition) is 1. The Balaban J connectivity index is 1.76. The lowest BCUT2D eigenvalue weighted by Gasteiger charge is -2.16. The topological polar surface area (TPSA) is 84.3 Å². The Morgan fingerprint density at radius 2 is 1.84 bits per heavy atom. The van der Waals surface area contributed by atoms with E-state index in [1.807, 2.05) is 48.9 Å². The van der Waals surface area contributed by atoms with Crippen LogP contribution in [0.25, 0.3) is 11.3 Å². The largest absolute Gasteiger partial charge is 0.325 e. The molecule has 1 amide bonds. The number of imidazole rings is 1. The number of benzene rings is 2. The van der Waals surface area contributed by atoms with Crippen LogP contribution in [0.5, 0.6) is 0 Å². The zero-order valence-corrected chi connectivity index (χ0v) is 19.8. The molecule has 1 heterocycles. The van der Waals surface area contributed by atoms with Crippen molar-refractivity contribution in [3.8, 4) is 11.3 Å². The number of amides is 1. The first-order valence-corrected chi connectivity index (χ1v) is 12.0. The highest BCUT2D eigenvalue weighted by atomic mass is 32.2. The van der Waals surface area contributed by atoms with Crippen LogP contribution in [0.2, 0.25) is 0 Å². The fraction of sp³-hybridized carbons (Fsp3) is 0.273. The van der Waals surface area contributed by atoms with Gasteiger partial charge in [0.1, 0.15) is 0 Å². The molecule has 0 aliphatic heterocycles. The summed E-state index contributed by atoms with van der Waals surface area (Å²) < 4.78 is 27.9. The summed E-state index contributed by atoms with van der Waals surface area (Å²) in [5, 5.41) is 3.15. The Bertz CT molecular complexity index is 1190. The van der Waals surface area contributed by atoms with Gasteiger partial charge in [0.25, 0.3) is 0 Å². The second kappa shape index (κ2) is 9.25. The lowest BCUT2D eigenvalue weighted by Crippen LogP contribution is -2.25. The van der Waals surface area contributed by atoms with E-state index in [0.29, 0.717) is 5.69 Å². The number of anilines is 1. The number of aromatic nitrogens is 2. The predicted octanol–water partition coefficient (Wildman–Crippen LogP) is 3.77. The van der Waals surface area contributed by atoms with E-state index in [0.717, 1.165) is 26.3 Å². The van der Waals surface area contributed by atoms with Crippen molar-refractivity contribution in [1.29, 1.82) is 0 Å². The highest BCUT2D eigenvalue weighted by molar-refractivity contribution is 8.00. The van der Waals surface area contributed by atoms with Gasteiger partial charge in [-0.1, -0.05) is 48.2 Å². The van der Waals surface area contributed by atoms with Gasteiger partial charge in [0, 0.05) is 26.8 Å². The molecular formula is C22H26N4O3S2. The minimum Gasteiger partial charge on any atom is -0.325 e. The fourth-order valence-electron chi connectivity index (χ4n) is 2.93. The summed E-state index contributed by atoms with van der Waals surface area (Å²) in [5.41, 5.74) is 3.28. The number of hydrogen-bond acceptors (Lipinski definition) is 5. The van der Waals surface area contributed by atoms with Crippen molar-refractivity contribution < 1.29 is 13.2 Å². The molecular weight excluding hydrogens is 432 g/mol. The smallest absolute Gasteiger partial charge is 0.242 e. The van der Waals surface area contributed by atoms with Crippen LogP contribution in [-0.2, 0) is 21.9 Å². The standard InChI is InChI=1S/C22H26N4O3S2/c1-15-11-12-18(31(28,29)25(3)4)13-19(15)24-21(27)16(2)30-22-23-14-20(26(22)5)17-9-7-6-8-10-17/h6-14,16H,1-5H3,(H,24,27). The molecule has 1 N–H and O–H groups in total. The minimum atomic E-state index is -3.59. The number of nitrogens with zero attached hydrogens (tertiary/aromatic N) is 3. The third-order valence-corrected chi connectivity index (χ3v) is 7.88. The molecule has 3 aromatic rings. The molecule has 9 heteroatoms. The Morgan fingerprint density at radius 1 is 1.16 bits per heavy atom. The highest BCUT2D eigenvalue weighted by Crippen LogP contribution is 2.28. The third kappa shape index (κ3) is 5.00. The van der Waals surface area contributed by atoms with Crippen molar-refractivity contribution in [3.63, 3.8) is 0 Å². The van der Waals surface area contributed by atoms with Gasteiger partial charge in [0.05, 0.1) is 22.0 Å². The Labute approximate surface area is 187 Å². The van der Waals surface area contributed by atoms with Crippen LogP contribution in [-0.4, -0.2) is 47.5 Å². The van der Waals surface area contributed by atoms with Crippen molar-refractivity contribution in [1.82, 2.24) is 13.9 Å². The normalized spacial score (nSPS) is 12.7. The molecule has 7 nitrogen and oxygen atoms in total. The molecule has 0 fully saturated rings. The summed E-state index contributed by atoms with van der Waals surface area (Å²) >= 11 is 1.35. The van der Waals surface area contributed by atoms with Crippen molar-refractivity contribution in [2.75, 3.05) is 19.4 Å². The van der Waals surface area contributed by atoms with E-state index in [4.69, 9.17) is 0 Å². The molecule has 164 valence electrons. The molecule has 0 spiro atoms. The van der Waals surface area contributed by atoms with Crippen LogP contribution in [0.3, 0.4) is 0 Å². The van der Waals surface area contributed by atoms with Gasteiger partial charge in [-0.15, -0.1) is 0 Å². The molecule has 0 aliphatic carbocycles. The summed E-state index contributed by atoms with van der Waals surface area (Å²) in [7, 11) is 1.28. The van der Waals surface area contributed by atoms with Crippen LogP contribution in [0.15, 0.2) is 64.8 Å². The van der Waals surface area contributed by atoms with Gasteiger partial charge in [-0.3, -0.25) is 4.79 Å². The van der Waals surface area contributed by atoms with Crippen molar-refractivity contribution in [3.05, 3.63) is 60.3 Å². The zero-order valence-electron chi connectivity index (χ0n) is 18.2. The van der Waals surface area contributed by atoms with E-state index in [2.05, 4.69) is 10.3 Å². The number of aryl methyl sites for hydroxylation is 1. The lowest BCUT2D eigenvalue weighted by molar-refractivity contribution is -0.115. The maximum Gasteiger partial charge on any atom is 0.242 e. The number of nitrogens with one attached hydrogen (secondary N) is 1. The second-order valence-electron chi connectivity index (χ2n) is 7.36. The third-order valence-electron chi connectivity index (χ3n) is 4.91. The monoisotopic (exact) mass is 458 g/mol. The summed E-state index contributed by atoms with van der Waals surface area (Å²) in [5.74, 6) is -0.225. The molecule has 0 bridgehead atoms. The zero-order chi connectivity index (χ0) is 22.8. The van der Waals surface area contributed by atoms with E-state index in [1.165, 1.54) is 38.0 Å². The summed E-state index contributed by atoms with van der Waals surface area (Å²) in [6, 6.07) is 14.7. The Morgan fingerprint density at radius 3 is 2.48 bits per heavy atom. The van der Waals surface area contributed by atoms with E-state index < -0.39 is 15.3 Å². The van der Waals surface area contributed by atoms with Gasteiger partial charge < -0.3 is 9.88 Å². The van der Waals surface area contributed by atoms with Crippen LogP contribution in [0.4, 0.5) is 5.69 Å². The fourth-order valence-corrected chi connectivity index (χ4v) is 4.71. The Kier molecular flexibility index (Phi) is 6.88. The van der Waals surface area contributed by atoms with E-state index in [9.17, 15) is 13.2 Å². The maximum atomic E-state index is 12.8. The number of carbonyl (C=O) groups is 1. The molecule has 31 heavy (non-hydrogen) atoms. The van der Waals surface area contributed by atoms with E-state index in [-0.39, 0.29) is 10.8 Å². The molecule has 1 aromatic heterocycles. The van der Waals surface area contributed by atoms with E-state index >= 15 is 0 Å². The number of sulfonamides is 1. The number of carbonyl (C=O) groups excluding carboxylic acids is 1. The van der Waals surface area contributed by atoms with Crippen molar-refractivity contribution >= 4 is 33.4 Å². The minimum absolute atomic E-state index is 0.135. The second-order valence-corrected chi connectivity index (χ2v) is 10.8. The summed E-state index contributed by atoms with van der Waals surface area (Å²) in [4.78, 5) is 17.4. The van der Waals surface area contributed by atoms with Gasteiger partial charge in [-0.25, -0.2) is 17.7 Å². The molecule has 1 atom stereocenters. The first-order valence-electron chi connectivity index (χ1n) is 9.69. The summed E-state index contributed by atoms with van der Waals surface area (Å²) in [6.45, 7) is 3.62. The van der Waals surface area contributed by atoms with Crippen LogP contribution < -0.4 is 5.32 Å². The first-order chi connectivity index (χ1) is 14.6. The average molecular weight is 459 g/mol. The SMILES string of the molecule is Cc1ccc(S(=O)(=O)N(C)C)cc1NC(=O)C(C)Sc1ncc(-c2ccccc2)n1C. The predicted molar refractivity (Wildman–Crippen MR) is 125 cm³/mol. The van der Waals surface area contributed by atoms with Gasteiger partial charge in [0.2, 0.25) is 15.9 Å². The van der Waals surface area contributed by atoms with Crippen LogP contribution in [0.1, 0.15) is 12.5 Å². The summed E-state index contributed by atoms with van der Waals surface area (Å²) in [6.07, 6.45) is 1.79. The lowest BCUT2D eigenvalue weighted by atomic mass is 10.2. The quantitative estimate of drug-likeness (QED) is 0.545. The van der Waals surface area contributed by atoms with Crippen LogP contribution in [0, 0.1) is 6.92 Å². The molecule has 2 aromatic carbocycles. The number of rotatable bonds is 7. The molecule has 3 rings (SSSR count). The van der Waals surface area contributed by atoms with Gasteiger partial charge in [0.15, 0.2) is 5.16 Å². The molecule has 1 unspecified atom stereocenters. The molecule has 0 aliphatic rings. The molecule has 0 saturated heterocycles. The highest BCUT2D eigenvalue weighted by Gasteiger charge is 2.22. The van der Waals surface area contributed by atoms with Crippen molar-refractivity contribution in [2.45, 2.75) is 29.1 Å². The van der Waals surface area contributed by atoms with Gasteiger partial charge in [-0.2, -0.15) is 0 Å². The van der Waals surface area contributed by atoms with Gasteiger partial charge >= 0.3 is 0 Å². The van der Waals surface area contributed by atoms with Crippen LogP contribution >= 0.6 is 11.8 Å². The molecule has 0 saturated carbocycles. The van der Waals surface area contributed by atoms with Crippen molar-refractivity contribution in [2.24, 2.45) is 7.05 Å². The molecule has 0 radical (unpaired) electrons.